The summed E-state index contributed by atoms with van der Waals surface area (Å²) in [6.07, 6.45) is 4.96. The minimum Gasteiger partial charge on any atom is -0.493 e. The van der Waals surface area contributed by atoms with Gasteiger partial charge in [-0.05, 0) is 0 Å². The van der Waals surface area contributed by atoms with Gasteiger partial charge in [0.05, 0.1) is 31.8 Å². The fraction of sp³-hybridized carbons (Fsp3) is 0.286. The van der Waals surface area contributed by atoms with E-state index in [2.05, 4.69) is 11.2 Å². The molecule has 0 spiro atoms. The van der Waals surface area contributed by atoms with Crippen LogP contribution in [-0.2, 0) is 9.53 Å². The fourth-order valence-electron chi connectivity index (χ4n) is 1.59. The van der Waals surface area contributed by atoms with E-state index in [0.717, 1.165) is 12.1 Å². The highest BCUT2D eigenvalue weighted by Gasteiger charge is 2.26. The summed E-state index contributed by atoms with van der Waals surface area (Å²) < 4.78 is 14.7. The smallest absolute Gasteiger partial charge is 0.345 e. The average Bonchev–Trinajstić information content (AvgIpc) is 2.56. The minimum absolute atomic E-state index is 0.0209. The maximum atomic E-state index is 12.0. The molecule has 0 heterocycles. The van der Waals surface area contributed by atoms with Crippen LogP contribution in [0.25, 0.3) is 0 Å². The molecule has 1 rings (SSSR count). The molecular weight excluding hydrogens is 308 g/mol. The predicted octanol–water partition coefficient (Wildman–Crippen LogP) is 0.518. The van der Waals surface area contributed by atoms with Crippen LogP contribution < -0.4 is 14.8 Å². The molecule has 0 fully saturated rings. The molecule has 0 radical (unpaired) electrons. The van der Waals surface area contributed by atoms with Gasteiger partial charge in [0.1, 0.15) is 5.56 Å². The number of carbonyl (C=O) groups excluding carboxylic acids is 2. The summed E-state index contributed by atoms with van der Waals surface area (Å²) in [6, 6.07) is 2.15. The molecule has 0 bridgehead atoms. The molecule has 0 atom stereocenters. The lowest BCUT2D eigenvalue weighted by molar-refractivity contribution is -0.385. The third kappa shape index (κ3) is 4.60. The SMILES string of the molecule is C#CCNC(=O)COC(=O)c1cc(OC)c(OC)cc1[N+](=O)[O-]. The monoisotopic (exact) mass is 322 g/mol. The van der Waals surface area contributed by atoms with Crippen molar-refractivity contribution < 1.29 is 28.7 Å². The van der Waals surface area contributed by atoms with E-state index in [0.29, 0.717) is 0 Å². The average molecular weight is 322 g/mol. The Labute approximate surface area is 131 Å². The summed E-state index contributed by atoms with van der Waals surface area (Å²) in [6.45, 7) is -0.640. The highest BCUT2D eigenvalue weighted by molar-refractivity contribution is 5.96. The van der Waals surface area contributed by atoms with Crippen molar-refractivity contribution in [2.45, 2.75) is 0 Å². The van der Waals surface area contributed by atoms with Crippen molar-refractivity contribution in [3.63, 3.8) is 0 Å². The predicted molar refractivity (Wildman–Crippen MR) is 78.3 cm³/mol. The lowest BCUT2D eigenvalue weighted by Gasteiger charge is -2.10. The third-order valence-electron chi connectivity index (χ3n) is 2.64. The largest absolute Gasteiger partial charge is 0.493 e. The van der Waals surface area contributed by atoms with Crippen molar-refractivity contribution in [1.29, 1.82) is 0 Å². The van der Waals surface area contributed by atoms with E-state index in [4.69, 9.17) is 20.6 Å². The summed E-state index contributed by atoms with van der Waals surface area (Å²) >= 11 is 0. The lowest BCUT2D eigenvalue weighted by atomic mass is 10.1. The van der Waals surface area contributed by atoms with Crippen molar-refractivity contribution in [3.8, 4) is 23.8 Å². The number of carbonyl (C=O) groups is 2. The van der Waals surface area contributed by atoms with Gasteiger partial charge in [-0.25, -0.2) is 4.79 Å². The van der Waals surface area contributed by atoms with Crippen molar-refractivity contribution in [3.05, 3.63) is 27.8 Å². The van der Waals surface area contributed by atoms with Crippen LogP contribution >= 0.6 is 0 Å². The first kappa shape index (κ1) is 17.8. The summed E-state index contributed by atoms with van der Waals surface area (Å²) in [7, 11) is 2.61. The first-order valence-corrected chi connectivity index (χ1v) is 6.22. The Morgan fingerprint density at radius 2 is 1.91 bits per heavy atom. The molecule has 0 saturated heterocycles. The van der Waals surface area contributed by atoms with Crippen LogP contribution in [0, 0.1) is 22.5 Å². The van der Waals surface area contributed by atoms with Gasteiger partial charge in [0, 0.05) is 6.07 Å². The van der Waals surface area contributed by atoms with E-state index in [1.54, 1.807) is 0 Å². The Kier molecular flexibility index (Phi) is 6.36. The number of hydrogen-bond acceptors (Lipinski definition) is 7. The van der Waals surface area contributed by atoms with Crippen LogP contribution in [0.3, 0.4) is 0 Å². The maximum Gasteiger partial charge on any atom is 0.345 e. The van der Waals surface area contributed by atoms with Crippen LogP contribution in [0.2, 0.25) is 0 Å². The maximum absolute atomic E-state index is 12.0. The standard InChI is InChI=1S/C14H14N2O7/c1-4-5-15-13(17)8-23-14(18)9-6-11(21-2)12(22-3)7-10(9)16(19)20/h1,6-7H,5,8H2,2-3H3,(H,15,17). The van der Waals surface area contributed by atoms with Crippen LogP contribution in [0.1, 0.15) is 10.4 Å². The number of hydrogen-bond donors (Lipinski definition) is 1. The molecule has 1 aromatic rings. The zero-order chi connectivity index (χ0) is 17.4. The van der Waals surface area contributed by atoms with E-state index in [1.165, 1.54) is 14.2 Å². The molecule has 0 unspecified atom stereocenters. The second kappa shape index (κ2) is 8.23. The van der Waals surface area contributed by atoms with Gasteiger partial charge in [-0.3, -0.25) is 14.9 Å². The van der Waals surface area contributed by atoms with E-state index in [1.807, 2.05) is 0 Å². The van der Waals surface area contributed by atoms with Crippen LogP contribution in [0.5, 0.6) is 11.5 Å². The van der Waals surface area contributed by atoms with Gasteiger partial charge in [-0.2, -0.15) is 0 Å². The number of nitrogens with zero attached hydrogens (tertiary/aromatic N) is 1. The van der Waals surface area contributed by atoms with Crippen molar-refractivity contribution in [2.75, 3.05) is 27.4 Å². The highest BCUT2D eigenvalue weighted by Crippen LogP contribution is 2.34. The van der Waals surface area contributed by atoms with E-state index in [9.17, 15) is 19.7 Å². The van der Waals surface area contributed by atoms with E-state index >= 15 is 0 Å². The van der Waals surface area contributed by atoms with Gasteiger partial charge in [-0.15, -0.1) is 6.42 Å². The van der Waals surface area contributed by atoms with Crippen LogP contribution in [0.15, 0.2) is 12.1 Å². The molecule has 1 N–H and O–H groups in total. The first-order chi connectivity index (χ1) is 10.9. The second-order valence-corrected chi connectivity index (χ2v) is 4.04. The van der Waals surface area contributed by atoms with Crippen molar-refractivity contribution in [1.82, 2.24) is 5.32 Å². The van der Waals surface area contributed by atoms with Crippen molar-refractivity contribution >= 4 is 17.6 Å². The molecule has 0 aliphatic rings. The molecule has 9 heteroatoms. The topological polar surface area (TPSA) is 117 Å². The number of amides is 1. The Morgan fingerprint density at radius 3 is 2.43 bits per heavy atom. The minimum atomic E-state index is -1.05. The number of benzene rings is 1. The van der Waals surface area contributed by atoms with Crippen molar-refractivity contribution in [2.24, 2.45) is 0 Å². The lowest BCUT2D eigenvalue weighted by Crippen LogP contribution is -2.29. The van der Waals surface area contributed by atoms with E-state index in [-0.39, 0.29) is 23.6 Å². The highest BCUT2D eigenvalue weighted by atomic mass is 16.6. The summed E-state index contributed by atoms with van der Waals surface area (Å²) in [5.41, 5.74) is -0.894. The number of terminal acetylenes is 1. The van der Waals surface area contributed by atoms with Gasteiger partial charge in [0.2, 0.25) is 0 Å². The van der Waals surface area contributed by atoms with Gasteiger partial charge < -0.3 is 19.5 Å². The Morgan fingerprint density at radius 1 is 1.30 bits per heavy atom. The summed E-state index contributed by atoms with van der Waals surface area (Å²) in [5, 5.41) is 13.4. The fourth-order valence-corrected chi connectivity index (χ4v) is 1.59. The number of nitro groups is 1. The molecule has 0 saturated carbocycles. The van der Waals surface area contributed by atoms with Crippen LogP contribution in [-0.4, -0.2) is 44.2 Å². The first-order valence-electron chi connectivity index (χ1n) is 6.22. The Bertz CT molecular complexity index is 664. The molecule has 23 heavy (non-hydrogen) atoms. The summed E-state index contributed by atoms with van der Waals surface area (Å²) in [4.78, 5) is 33.6. The van der Waals surface area contributed by atoms with Gasteiger partial charge in [0.15, 0.2) is 18.1 Å². The number of ether oxygens (including phenoxy) is 3. The van der Waals surface area contributed by atoms with Gasteiger partial charge in [0.25, 0.3) is 11.6 Å². The Balaban J connectivity index is 3.01. The van der Waals surface area contributed by atoms with Gasteiger partial charge in [-0.1, -0.05) is 5.92 Å². The number of nitro benzene ring substituents is 1. The molecule has 1 aromatic carbocycles. The molecule has 0 aliphatic carbocycles. The number of methoxy groups -OCH3 is 2. The number of esters is 1. The third-order valence-corrected chi connectivity index (χ3v) is 2.64. The quantitative estimate of drug-likeness (QED) is 0.336. The molecule has 1 amide bonds. The zero-order valence-electron chi connectivity index (χ0n) is 12.5. The molecule has 9 nitrogen and oxygen atoms in total. The van der Waals surface area contributed by atoms with E-state index < -0.39 is 29.1 Å². The summed E-state index contributed by atoms with van der Waals surface area (Å²) in [5.74, 6) is 0.703. The number of nitrogens with one attached hydrogen (secondary N) is 1. The normalized spacial score (nSPS) is 9.43. The van der Waals surface area contributed by atoms with Crippen LogP contribution in [0.4, 0.5) is 5.69 Å². The zero-order valence-corrected chi connectivity index (χ0v) is 12.5. The molecule has 122 valence electrons. The number of rotatable bonds is 7. The molecule has 0 aliphatic heterocycles. The van der Waals surface area contributed by atoms with Gasteiger partial charge >= 0.3 is 5.97 Å². The Hall–Kier alpha value is -3.28. The molecular formula is C14H14N2O7. The second-order valence-electron chi connectivity index (χ2n) is 4.04. The molecule has 0 aromatic heterocycles.